The Morgan fingerprint density at radius 3 is 2.61 bits per heavy atom. The van der Waals surface area contributed by atoms with Crippen molar-refractivity contribution in [3.63, 3.8) is 0 Å². The minimum absolute atomic E-state index is 0.0704. The van der Waals surface area contributed by atoms with Crippen LogP contribution < -0.4 is 5.32 Å². The van der Waals surface area contributed by atoms with Crippen LogP contribution >= 0.6 is 0 Å². The van der Waals surface area contributed by atoms with Gasteiger partial charge in [-0.05, 0) is 63.2 Å². The third-order valence-corrected chi connectivity index (χ3v) is 7.15. The van der Waals surface area contributed by atoms with E-state index in [9.17, 15) is 14.7 Å². The predicted molar refractivity (Wildman–Crippen MR) is 85.8 cm³/mol. The second-order valence-corrected chi connectivity index (χ2v) is 8.35. The zero-order valence-corrected chi connectivity index (χ0v) is 13.9. The number of carbonyl (C=O) groups is 2. The van der Waals surface area contributed by atoms with E-state index in [1.807, 2.05) is 0 Å². The molecule has 1 amide bonds. The summed E-state index contributed by atoms with van der Waals surface area (Å²) in [5.41, 5.74) is 0. The van der Waals surface area contributed by atoms with Crippen molar-refractivity contribution >= 4 is 11.9 Å². The molecule has 2 saturated carbocycles. The van der Waals surface area contributed by atoms with E-state index in [1.54, 1.807) is 0 Å². The molecule has 2 N–H and O–H groups in total. The Morgan fingerprint density at radius 2 is 2.00 bits per heavy atom. The Bertz CT molecular complexity index is 508. The van der Waals surface area contributed by atoms with Crippen molar-refractivity contribution in [2.45, 2.75) is 70.0 Å². The number of hydrogen-bond donors (Lipinski definition) is 2. The highest BCUT2D eigenvalue weighted by atomic mass is 16.4. The Balaban J connectivity index is 1.31. The van der Waals surface area contributed by atoms with Gasteiger partial charge in [0.25, 0.3) is 0 Å². The number of nitrogens with zero attached hydrogens (tertiary/aromatic N) is 1. The van der Waals surface area contributed by atoms with Gasteiger partial charge in [0.15, 0.2) is 0 Å². The maximum absolute atomic E-state index is 12.5. The number of carboxylic acid groups (broad SMARTS) is 1. The minimum Gasteiger partial charge on any atom is -0.481 e. The van der Waals surface area contributed by atoms with Gasteiger partial charge in [-0.3, -0.25) is 14.5 Å². The molecule has 4 aliphatic rings. The lowest BCUT2D eigenvalue weighted by Crippen LogP contribution is -2.46. The number of aliphatic carboxylic acids is 1. The van der Waals surface area contributed by atoms with E-state index in [4.69, 9.17) is 0 Å². The van der Waals surface area contributed by atoms with Crippen LogP contribution in [0.15, 0.2) is 0 Å². The molecule has 4 bridgehead atoms. The number of nitrogens with one attached hydrogen (secondary N) is 1. The third-order valence-electron chi connectivity index (χ3n) is 7.15. The van der Waals surface area contributed by atoms with Crippen LogP contribution in [0.1, 0.15) is 51.9 Å². The monoisotopic (exact) mass is 320 g/mol. The molecule has 0 aromatic heterocycles. The standard InChI is InChI=1S/C18H28N2O3/c1-10(14-7-11-2-3-12(14)6-11)19-17(21)9-20-13-4-5-16(20)15(8-13)18(22)23/h10-16H,2-9H2,1H3,(H,19,21)(H,22,23). The van der Waals surface area contributed by atoms with E-state index in [0.29, 0.717) is 18.5 Å². The number of hydrogen-bond acceptors (Lipinski definition) is 3. The topological polar surface area (TPSA) is 69.6 Å². The predicted octanol–water partition coefficient (Wildman–Crippen LogP) is 1.86. The molecule has 2 saturated heterocycles. The van der Waals surface area contributed by atoms with Gasteiger partial charge in [0.05, 0.1) is 12.5 Å². The molecule has 4 fully saturated rings. The van der Waals surface area contributed by atoms with Crippen molar-refractivity contribution in [1.82, 2.24) is 10.2 Å². The summed E-state index contributed by atoms with van der Waals surface area (Å²) in [4.78, 5) is 25.9. The molecule has 5 heteroatoms. The zero-order chi connectivity index (χ0) is 16.1. The average molecular weight is 320 g/mol. The molecule has 7 unspecified atom stereocenters. The number of amides is 1. The maximum Gasteiger partial charge on any atom is 0.308 e. The smallest absolute Gasteiger partial charge is 0.308 e. The normalized spacial score (nSPS) is 43.0. The van der Waals surface area contributed by atoms with Crippen molar-refractivity contribution in [3.8, 4) is 0 Å². The molecule has 7 atom stereocenters. The summed E-state index contributed by atoms with van der Waals surface area (Å²) in [5.74, 6) is 1.48. The van der Waals surface area contributed by atoms with Crippen LogP contribution in [0.2, 0.25) is 0 Å². The van der Waals surface area contributed by atoms with Gasteiger partial charge in [0.1, 0.15) is 0 Å². The Hall–Kier alpha value is -1.10. The average Bonchev–Trinajstić information content (AvgIpc) is 3.27. The summed E-state index contributed by atoms with van der Waals surface area (Å²) in [7, 11) is 0. The Kier molecular flexibility index (Phi) is 3.87. The molecule has 23 heavy (non-hydrogen) atoms. The molecular formula is C18H28N2O3. The van der Waals surface area contributed by atoms with Crippen molar-refractivity contribution in [2.24, 2.45) is 23.7 Å². The highest BCUT2D eigenvalue weighted by molar-refractivity contribution is 5.79. The van der Waals surface area contributed by atoms with Crippen LogP contribution in [0, 0.1) is 23.7 Å². The number of rotatable bonds is 5. The van der Waals surface area contributed by atoms with Crippen LogP contribution in [-0.4, -0.2) is 46.6 Å². The lowest BCUT2D eigenvalue weighted by molar-refractivity contribution is -0.143. The second-order valence-electron chi connectivity index (χ2n) is 8.35. The van der Waals surface area contributed by atoms with E-state index in [0.717, 1.165) is 31.1 Å². The molecule has 2 aliphatic heterocycles. The van der Waals surface area contributed by atoms with Gasteiger partial charge in [0.2, 0.25) is 5.91 Å². The van der Waals surface area contributed by atoms with Crippen molar-refractivity contribution in [1.29, 1.82) is 0 Å². The van der Waals surface area contributed by atoms with Crippen LogP contribution in [0.25, 0.3) is 0 Å². The lowest BCUT2D eigenvalue weighted by Gasteiger charge is -2.30. The summed E-state index contributed by atoms with van der Waals surface area (Å²) < 4.78 is 0. The molecule has 4 rings (SSSR count). The molecule has 2 heterocycles. The van der Waals surface area contributed by atoms with E-state index in [1.165, 1.54) is 25.7 Å². The molecule has 0 aromatic carbocycles. The second kappa shape index (κ2) is 5.76. The number of carbonyl (C=O) groups excluding carboxylic acids is 1. The SMILES string of the molecule is CC(NC(=O)CN1C2CCC1C(C(=O)O)C2)C1CC2CCC1C2. The van der Waals surface area contributed by atoms with Gasteiger partial charge < -0.3 is 10.4 Å². The fourth-order valence-corrected chi connectivity index (χ4v) is 6.09. The van der Waals surface area contributed by atoms with E-state index in [2.05, 4.69) is 17.1 Å². The molecule has 0 radical (unpaired) electrons. The highest BCUT2D eigenvalue weighted by Crippen LogP contribution is 2.49. The molecule has 128 valence electrons. The molecule has 5 nitrogen and oxygen atoms in total. The molecule has 2 aliphatic carbocycles. The summed E-state index contributed by atoms with van der Waals surface area (Å²) in [6, 6.07) is 0.624. The highest BCUT2D eigenvalue weighted by Gasteiger charge is 2.50. The first-order valence-corrected chi connectivity index (χ1v) is 9.31. The zero-order valence-electron chi connectivity index (χ0n) is 13.9. The number of carboxylic acids is 1. The first-order valence-electron chi connectivity index (χ1n) is 9.31. The molecule has 0 aromatic rings. The van der Waals surface area contributed by atoms with Gasteiger partial charge in [-0.15, -0.1) is 0 Å². The first-order chi connectivity index (χ1) is 11.0. The molecular weight excluding hydrogens is 292 g/mol. The van der Waals surface area contributed by atoms with Gasteiger partial charge in [-0.25, -0.2) is 0 Å². The first kappa shape index (κ1) is 15.4. The fraction of sp³-hybridized carbons (Fsp3) is 0.889. The van der Waals surface area contributed by atoms with Crippen molar-refractivity contribution < 1.29 is 14.7 Å². The Morgan fingerprint density at radius 1 is 1.17 bits per heavy atom. The van der Waals surface area contributed by atoms with Gasteiger partial charge in [-0.1, -0.05) is 6.42 Å². The third kappa shape index (κ3) is 2.67. The largest absolute Gasteiger partial charge is 0.481 e. The van der Waals surface area contributed by atoms with Gasteiger partial charge in [0, 0.05) is 18.1 Å². The van der Waals surface area contributed by atoms with E-state index in [-0.39, 0.29) is 23.9 Å². The summed E-state index contributed by atoms with van der Waals surface area (Å²) in [6.45, 7) is 2.53. The summed E-state index contributed by atoms with van der Waals surface area (Å²) >= 11 is 0. The van der Waals surface area contributed by atoms with Gasteiger partial charge >= 0.3 is 5.97 Å². The van der Waals surface area contributed by atoms with Crippen LogP contribution in [0.5, 0.6) is 0 Å². The quantitative estimate of drug-likeness (QED) is 0.811. The van der Waals surface area contributed by atoms with E-state index < -0.39 is 5.97 Å². The van der Waals surface area contributed by atoms with Crippen LogP contribution in [0.4, 0.5) is 0 Å². The fourth-order valence-electron chi connectivity index (χ4n) is 6.09. The molecule has 0 spiro atoms. The van der Waals surface area contributed by atoms with Crippen LogP contribution in [-0.2, 0) is 9.59 Å². The van der Waals surface area contributed by atoms with Crippen LogP contribution in [0.3, 0.4) is 0 Å². The van der Waals surface area contributed by atoms with Crippen molar-refractivity contribution in [2.75, 3.05) is 6.54 Å². The summed E-state index contributed by atoms with van der Waals surface area (Å²) in [5, 5.41) is 12.5. The maximum atomic E-state index is 12.5. The van der Waals surface area contributed by atoms with Crippen molar-refractivity contribution in [3.05, 3.63) is 0 Å². The van der Waals surface area contributed by atoms with E-state index >= 15 is 0 Å². The number of fused-ring (bicyclic) bond motifs is 4. The van der Waals surface area contributed by atoms with Gasteiger partial charge in [-0.2, -0.15) is 0 Å². The summed E-state index contributed by atoms with van der Waals surface area (Å²) in [6.07, 6.45) is 8.06. The lowest BCUT2D eigenvalue weighted by atomic mass is 9.84. The minimum atomic E-state index is -0.696. The Labute approximate surface area is 137 Å².